The summed E-state index contributed by atoms with van der Waals surface area (Å²) in [7, 11) is -0.820. The van der Waals surface area contributed by atoms with Gasteiger partial charge in [-0.3, -0.25) is 4.79 Å². The van der Waals surface area contributed by atoms with Crippen LogP contribution in [0.3, 0.4) is 0 Å². The molecule has 13 nitrogen and oxygen atoms in total. The standard InChI is InChI=1S/C34H45F3N6O7S/c1-22-17-43(23(2)20-44)32(45)28-16-27(40-33(46)39-26-11-9-25(10-12-26)34(35,36)37)13-14-29(28)50-24(3)8-6-7-15-49-30(22)18-42(5)51(47,48)31-19-41(4)21-38-31/h9-14,16,19,21-24,30,44H,6-8,15,17-18,20H2,1-5H3,(H2,39,40,46)/t22-,23-,24+,30+/m0/s1. The van der Waals surface area contributed by atoms with Crippen LogP contribution in [-0.4, -0.2) is 95.8 Å². The molecule has 2 heterocycles. The van der Waals surface area contributed by atoms with Crippen molar-refractivity contribution in [3.63, 3.8) is 0 Å². The zero-order valence-electron chi connectivity index (χ0n) is 29.2. The van der Waals surface area contributed by atoms with E-state index in [4.69, 9.17) is 9.47 Å². The van der Waals surface area contributed by atoms with Crippen LogP contribution in [0.4, 0.5) is 29.3 Å². The predicted octanol–water partition coefficient (Wildman–Crippen LogP) is 5.20. The van der Waals surface area contributed by atoms with Gasteiger partial charge in [-0.25, -0.2) is 18.2 Å². The van der Waals surface area contributed by atoms with E-state index in [1.165, 1.54) is 39.4 Å². The average Bonchev–Trinajstić information content (AvgIpc) is 3.52. The lowest BCUT2D eigenvalue weighted by Gasteiger charge is -2.35. The number of carbonyl (C=O) groups excluding carboxylic acids is 2. The number of fused-ring (bicyclic) bond motifs is 1. The Balaban J connectivity index is 1.60. The highest BCUT2D eigenvalue weighted by atomic mass is 32.2. The molecular weight excluding hydrogens is 693 g/mol. The first kappa shape index (κ1) is 39.6. The number of aliphatic hydroxyl groups is 1. The topological polar surface area (TPSA) is 155 Å². The molecule has 0 fully saturated rings. The number of alkyl halides is 3. The molecule has 3 aromatic rings. The quantitative estimate of drug-likeness (QED) is 0.285. The largest absolute Gasteiger partial charge is 0.490 e. The number of aromatic nitrogens is 2. The Bertz CT molecular complexity index is 1750. The number of likely N-dealkylation sites (N-methyl/N-ethyl adjacent to an activating group) is 1. The summed E-state index contributed by atoms with van der Waals surface area (Å²) in [4.78, 5) is 32.6. The van der Waals surface area contributed by atoms with E-state index in [2.05, 4.69) is 15.6 Å². The molecule has 17 heteroatoms. The summed E-state index contributed by atoms with van der Waals surface area (Å²) in [5.74, 6) is -0.663. The SMILES string of the molecule is C[C@@H]1CCCCO[C@H](CN(C)S(=O)(=O)c2cn(C)cn2)[C@@H](C)CN([C@@H](C)CO)C(=O)c2cc(NC(=O)Nc3ccc(C(F)(F)F)cc3)ccc2O1. The number of nitrogens with one attached hydrogen (secondary N) is 2. The summed E-state index contributed by atoms with van der Waals surface area (Å²) in [5.41, 5.74) is -0.427. The molecule has 0 bridgehead atoms. The minimum Gasteiger partial charge on any atom is -0.490 e. The summed E-state index contributed by atoms with van der Waals surface area (Å²) in [6.07, 6.45) is -0.630. The maximum Gasteiger partial charge on any atom is 0.416 e. The van der Waals surface area contributed by atoms with Crippen LogP contribution in [0.1, 0.15) is 56.0 Å². The van der Waals surface area contributed by atoms with E-state index in [-0.39, 0.29) is 53.5 Å². The number of nitrogens with zero attached hydrogens (tertiary/aromatic N) is 4. The van der Waals surface area contributed by atoms with E-state index in [1.807, 2.05) is 13.8 Å². The number of carbonyl (C=O) groups is 2. The summed E-state index contributed by atoms with van der Waals surface area (Å²) in [5, 5.41) is 15.2. The highest BCUT2D eigenvalue weighted by molar-refractivity contribution is 7.89. The van der Waals surface area contributed by atoms with Crippen molar-refractivity contribution in [1.29, 1.82) is 0 Å². The molecule has 0 radical (unpaired) electrons. The second-order valence-corrected chi connectivity index (χ2v) is 14.8. The fraction of sp³-hybridized carbons (Fsp3) is 0.500. The van der Waals surface area contributed by atoms with Gasteiger partial charge in [0.05, 0.1) is 42.3 Å². The number of sulfonamides is 1. The number of aliphatic hydroxyl groups excluding tert-OH is 1. The fourth-order valence-corrected chi connectivity index (χ4v) is 6.67. The highest BCUT2D eigenvalue weighted by Gasteiger charge is 2.33. The van der Waals surface area contributed by atoms with Crippen LogP contribution in [0.2, 0.25) is 0 Å². The normalized spacial score (nSPS) is 20.2. The number of rotatable bonds is 8. The molecule has 4 atom stereocenters. The molecule has 3 N–H and O–H groups in total. The Labute approximate surface area is 295 Å². The number of halogens is 3. The third-order valence-electron chi connectivity index (χ3n) is 8.57. The van der Waals surface area contributed by atoms with Crippen molar-refractivity contribution in [3.05, 3.63) is 66.1 Å². The molecule has 1 aliphatic heterocycles. The maximum atomic E-state index is 14.3. The van der Waals surface area contributed by atoms with Crippen LogP contribution in [0, 0.1) is 5.92 Å². The zero-order chi connectivity index (χ0) is 37.5. The monoisotopic (exact) mass is 738 g/mol. The molecule has 0 saturated carbocycles. The number of hydrogen-bond acceptors (Lipinski definition) is 8. The van der Waals surface area contributed by atoms with Gasteiger partial charge in [-0.15, -0.1) is 0 Å². The van der Waals surface area contributed by atoms with Gasteiger partial charge in [0, 0.05) is 57.3 Å². The summed E-state index contributed by atoms with van der Waals surface area (Å²) < 4.78 is 80.6. The van der Waals surface area contributed by atoms with Gasteiger partial charge in [-0.05, 0) is 75.6 Å². The average molecular weight is 739 g/mol. The van der Waals surface area contributed by atoms with Gasteiger partial charge in [-0.2, -0.15) is 17.5 Å². The summed E-state index contributed by atoms with van der Waals surface area (Å²) in [6, 6.07) is 7.06. The first-order chi connectivity index (χ1) is 24.0. The number of aryl methyl sites for hydroxylation is 1. The maximum absolute atomic E-state index is 14.3. The van der Waals surface area contributed by atoms with Crippen LogP contribution < -0.4 is 15.4 Å². The summed E-state index contributed by atoms with van der Waals surface area (Å²) in [6.45, 7) is 5.40. The van der Waals surface area contributed by atoms with Crippen LogP contribution in [-0.2, 0) is 28.0 Å². The van der Waals surface area contributed by atoms with Crippen LogP contribution in [0.25, 0.3) is 0 Å². The van der Waals surface area contributed by atoms with Gasteiger partial charge in [0.15, 0.2) is 5.03 Å². The molecule has 4 rings (SSSR count). The number of imidazole rings is 1. The Hall–Kier alpha value is -4.19. The van der Waals surface area contributed by atoms with Crippen molar-refractivity contribution in [1.82, 2.24) is 18.8 Å². The van der Waals surface area contributed by atoms with E-state index in [1.54, 1.807) is 26.1 Å². The number of anilines is 2. The van der Waals surface area contributed by atoms with Crippen LogP contribution >= 0.6 is 0 Å². The number of amides is 3. The molecular formula is C34H45F3N6O7S. The molecule has 0 saturated heterocycles. The third kappa shape index (κ3) is 10.4. The van der Waals surface area contributed by atoms with Gasteiger partial charge in [-0.1, -0.05) is 6.92 Å². The second-order valence-electron chi connectivity index (χ2n) is 12.8. The molecule has 1 aromatic heterocycles. The van der Waals surface area contributed by atoms with Crippen LogP contribution in [0.5, 0.6) is 5.75 Å². The minimum atomic E-state index is -4.52. The first-order valence-electron chi connectivity index (χ1n) is 16.5. The Morgan fingerprint density at radius 3 is 2.41 bits per heavy atom. The first-order valence-corrected chi connectivity index (χ1v) is 18.0. The van der Waals surface area contributed by atoms with Crippen molar-refractivity contribution in [2.45, 2.75) is 69.5 Å². The van der Waals surface area contributed by atoms with Crippen molar-refractivity contribution in [2.24, 2.45) is 13.0 Å². The highest BCUT2D eigenvalue weighted by Crippen LogP contribution is 2.31. The number of hydrogen-bond donors (Lipinski definition) is 3. The van der Waals surface area contributed by atoms with E-state index >= 15 is 0 Å². The number of benzene rings is 2. The fourth-order valence-electron chi connectivity index (χ4n) is 5.53. The van der Waals surface area contributed by atoms with E-state index in [0.29, 0.717) is 19.4 Å². The minimum absolute atomic E-state index is 0.0200. The lowest BCUT2D eigenvalue weighted by molar-refractivity contribution is -0.137. The van der Waals surface area contributed by atoms with Gasteiger partial charge in [0.2, 0.25) is 0 Å². The van der Waals surface area contributed by atoms with Crippen molar-refractivity contribution in [3.8, 4) is 5.75 Å². The van der Waals surface area contributed by atoms with E-state index in [0.717, 1.165) is 30.7 Å². The van der Waals surface area contributed by atoms with Crippen molar-refractivity contribution in [2.75, 3.05) is 44.0 Å². The molecule has 2 aromatic carbocycles. The third-order valence-corrected chi connectivity index (χ3v) is 10.3. The van der Waals surface area contributed by atoms with Gasteiger partial charge in [0.25, 0.3) is 15.9 Å². The van der Waals surface area contributed by atoms with Crippen molar-refractivity contribution < 1.29 is 45.8 Å². The molecule has 280 valence electrons. The number of urea groups is 1. The second kappa shape index (κ2) is 16.9. The molecule has 0 aliphatic carbocycles. The lowest BCUT2D eigenvalue weighted by atomic mass is 10.0. The predicted molar refractivity (Wildman–Crippen MR) is 184 cm³/mol. The smallest absolute Gasteiger partial charge is 0.416 e. The van der Waals surface area contributed by atoms with E-state index < -0.39 is 51.8 Å². The molecule has 1 aliphatic rings. The molecule has 3 amide bonds. The van der Waals surface area contributed by atoms with Gasteiger partial charge < -0.3 is 34.7 Å². The van der Waals surface area contributed by atoms with E-state index in [9.17, 15) is 36.3 Å². The van der Waals surface area contributed by atoms with Gasteiger partial charge in [0.1, 0.15) is 5.75 Å². The van der Waals surface area contributed by atoms with Gasteiger partial charge >= 0.3 is 12.2 Å². The van der Waals surface area contributed by atoms with Crippen LogP contribution in [0.15, 0.2) is 60.0 Å². The lowest BCUT2D eigenvalue weighted by Crippen LogP contribution is -2.48. The summed E-state index contributed by atoms with van der Waals surface area (Å²) >= 11 is 0. The zero-order valence-corrected chi connectivity index (χ0v) is 30.0. The molecule has 0 spiro atoms. The Kier molecular flexibility index (Phi) is 13.1. The van der Waals surface area contributed by atoms with Crippen molar-refractivity contribution >= 4 is 33.3 Å². The molecule has 51 heavy (non-hydrogen) atoms. The molecule has 0 unspecified atom stereocenters. The Morgan fingerprint density at radius 1 is 1.12 bits per heavy atom. The Morgan fingerprint density at radius 2 is 1.78 bits per heavy atom. The number of ether oxygens (including phenoxy) is 2.